The Labute approximate surface area is 273 Å². The Bertz CT molecular complexity index is 1340. The van der Waals surface area contributed by atoms with E-state index in [2.05, 4.69) is 41.7 Å². The molecule has 0 radical (unpaired) electrons. The van der Waals surface area contributed by atoms with Crippen LogP contribution in [0.1, 0.15) is 86.0 Å². The van der Waals surface area contributed by atoms with Crippen molar-refractivity contribution in [3.8, 4) is 0 Å². The summed E-state index contributed by atoms with van der Waals surface area (Å²) in [7, 11) is -3.39. The Balaban J connectivity index is 1.54. The molecule has 0 spiro atoms. The van der Waals surface area contributed by atoms with Crippen molar-refractivity contribution in [2.45, 2.75) is 110 Å². The van der Waals surface area contributed by atoms with Crippen LogP contribution in [0.25, 0.3) is 0 Å². The lowest BCUT2D eigenvalue weighted by atomic mass is 9.83. The van der Waals surface area contributed by atoms with E-state index >= 15 is 0 Å². The number of hydrogen-bond donors (Lipinski definition) is 4. The standard InChI is InChI=1S/C33H53N5O7S/c1-8-16-34-28(41)25(39)22(17-20-12-13-20)35-27(40)24-23-21(32(23,5)6)18-38(24)29(42)26(31(2,3)4)36-30(43)37-33(19-46(7,44)45)14-10-9-11-15-33/h8,20-24,26H,1,9-19H2,2-7H3,(H,34,41)(H,35,40)(H2,36,37,43)/t21-,22?,23?,24-,26+/m0/s1. The second kappa shape index (κ2) is 13.3. The first-order valence-electron chi connectivity index (χ1n) is 16.6. The maximum absolute atomic E-state index is 14.3. The van der Waals surface area contributed by atoms with Gasteiger partial charge in [-0.25, -0.2) is 13.2 Å². The average molecular weight is 664 g/mol. The molecule has 13 heteroatoms. The van der Waals surface area contributed by atoms with Gasteiger partial charge in [-0.1, -0.05) is 72.8 Å². The molecule has 0 aromatic carbocycles. The number of sulfone groups is 1. The summed E-state index contributed by atoms with van der Waals surface area (Å²) in [4.78, 5) is 69.0. The first kappa shape index (κ1) is 35.9. The molecule has 3 aliphatic carbocycles. The maximum Gasteiger partial charge on any atom is 0.315 e. The predicted molar refractivity (Wildman–Crippen MR) is 174 cm³/mol. The van der Waals surface area contributed by atoms with Crippen molar-refractivity contribution in [2.75, 3.05) is 25.1 Å². The van der Waals surface area contributed by atoms with E-state index in [1.54, 1.807) is 0 Å². The van der Waals surface area contributed by atoms with Crippen LogP contribution in [-0.4, -0.2) is 91.6 Å². The molecule has 3 saturated carbocycles. The van der Waals surface area contributed by atoms with Gasteiger partial charge in [0.1, 0.15) is 21.9 Å². The summed E-state index contributed by atoms with van der Waals surface area (Å²) in [5, 5.41) is 11.1. The maximum atomic E-state index is 14.3. The molecular formula is C33H53N5O7S. The van der Waals surface area contributed by atoms with Gasteiger partial charge in [-0.15, -0.1) is 6.58 Å². The third-order valence-corrected chi connectivity index (χ3v) is 11.5. The zero-order valence-electron chi connectivity index (χ0n) is 28.2. The highest BCUT2D eigenvalue weighted by atomic mass is 32.2. The van der Waals surface area contributed by atoms with Gasteiger partial charge in [0.15, 0.2) is 0 Å². The summed E-state index contributed by atoms with van der Waals surface area (Å²) >= 11 is 0. The van der Waals surface area contributed by atoms with E-state index in [9.17, 15) is 32.4 Å². The van der Waals surface area contributed by atoms with Crippen molar-refractivity contribution < 1.29 is 32.4 Å². The van der Waals surface area contributed by atoms with Crippen LogP contribution in [0.3, 0.4) is 0 Å². The highest BCUT2D eigenvalue weighted by molar-refractivity contribution is 7.90. The Morgan fingerprint density at radius 1 is 1.02 bits per heavy atom. The second-order valence-corrected chi connectivity index (χ2v) is 17.9. The average Bonchev–Trinajstić information content (AvgIpc) is 3.79. The number of amides is 5. The van der Waals surface area contributed by atoms with E-state index in [-0.39, 0.29) is 35.5 Å². The Hall–Kier alpha value is -2.96. The fourth-order valence-corrected chi connectivity index (χ4v) is 9.02. The van der Waals surface area contributed by atoms with Crippen molar-refractivity contribution in [1.82, 2.24) is 26.2 Å². The summed E-state index contributed by atoms with van der Waals surface area (Å²) in [5.74, 6) is -2.41. The molecule has 2 unspecified atom stereocenters. The van der Waals surface area contributed by atoms with Crippen molar-refractivity contribution in [3.05, 3.63) is 12.7 Å². The number of carbonyl (C=O) groups excluding carboxylic acids is 5. The van der Waals surface area contributed by atoms with Gasteiger partial charge in [-0.05, 0) is 47.8 Å². The molecule has 46 heavy (non-hydrogen) atoms. The Morgan fingerprint density at radius 2 is 1.65 bits per heavy atom. The van der Waals surface area contributed by atoms with Crippen LogP contribution in [0.5, 0.6) is 0 Å². The lowest BCUT2D eigenvalue weighted by Gasteiger charge is -2.40. The molecule has 0 bridgehead atoms. The molecule has 4 rings (SSSR count). The van der Waals surface area contributed by atoms with E-state index in [0.717, 1.165) is 38.4 Å². The van der Waals surface area contributed by atoms with E-state index in [1.807, 2.05) is 20.8 Å². The van der Waals surface area contributed by atoms with Crippen LogP contribution in [0.4, 0.5) is 4.79 Å². The first-order valence-corrected chi connectivity index (χ1v) is 18.7. The number of fused-ring (bicyclic) bond motifs is 1. The lowest BCUT2D eigenvalue weighted by Crippen LogP contribution is -2.63. The molecule has 4 N–H and O–H groups in total. The number of carbonyl (C=O) groups is 5. The van der Waals surface area contributed by atoms with Gasteiger partial charge < -0.3 is 26.2 Å². The van der Waals surface area contributed by atoms with E-state index in [0.29, 0.717) is 25.8 Å². The SMILES string of the molecule is C=CCNC(=O)C(=O)C(CC1CC1)NC(=O)[C@@H]1C2[C@H](CN1C(=O)[C@@H](NC(=O)NC1(CS(C)(=O)=O)CCCCC1)C(C)(C)C)C2(C)C. The van der Waals surface area contributed by atoms with Crippen LogP contribution in [0.15, 0.2) is 12.7 Å². The minimum Gasteiger partial charge on any atom is -0.346 e. The van der Waals surface area contributed by atoms with Crippen LogP contribution in [0.2, 0.25) is 0 Å². The van der Waals surface area contributed by atoms with Crippen molar-refractivity contribution >= 4 is 39.4 Å². The first-order chi connectivity index (χ1) is 21.3. The number of nitrogens with one attached hydrogen (secondary N) is 4. The predicted octanol–water partition coefficient (Wildman–Crippen LogP) is 2.09. The fraction of sp³-hybridized carbons (Fsp3) is 0.788. The highest BCUT2D eigenvalue weighted by Gasteiger charge is 2.70. The lowest BCUT2D eigenvalue weighted by molar-refractivity contribution is -0.145. The summed E-state index contributed by atoms with van der Waals surface area (Å²) < 4.78 is 24.6. The highest BCUT2D eigenvalue weighted by Crippen LogP contribution is 2.65. The smallest absolute Gasteiger partial charge is 0.315 e. The van der Waals surface area contributed by atoms with Gasteiger partial charge in [0.2, 0.25) is 17.6 Å². The van der Waals surface area contributed by atoms with Crippen molar-refractivity contribution in [2.24, 2.45) is 28.6 Å². The minimum absolute atomic E-state index is 0.0652. The Morgan fingerprint density at radius 3 is 2.20 bits per heavy atom. The van der Waals surface area contributed by atoms with Crippen LogP contribution < -0.4 is 21.3 Å². The number of piperidine rings is 1. The van der Waals surface area contributed by atoms with Gasteiger partial charge in [0.25, 0.3) is 5.91 Å². The molecule has 1 saturated heterocycles. The van der Waals surface area contributed by atoms with Crippen LogP contribution in [0, 0.1) is 28.6 Å². The molecule has 4 aliphatic rings. The summed E-state index contributed by atoms with van der Waals surface area (Å²) in [5.41, 5.74) is -1.86. The zero-order valence-corrected chi connectivity index (χ0v) is 29.1. The third-order valence-electron chi connectivity index (χ3n) is 10.4. The van der Waals surface area contributed by atoms with E-state index in [4.69, 9.17) is 0 Å². The molecule has 258 valence electrons. The molecule has 5 amide bonds. The van der Waals surface area contributed by atoms with Gasteiger partial charge in [-0.3, -0.25) is 19.2 Å². The molecule has 4 fully saturated rings. The normalized spacial score (nSPS) is 26.1. The second-order valence-electron chi connectivity index (χ2n) is 15.8. The topological polar surface area (TPSA) is 171 Å². The summed E-state index contributed by atoms with van der Waals surface area (Å²) in [6, 6.07) is -3.52. The molecule has 0 aromatic heterocycles. The minimum atomic E-state index is -3.39. The number of nitrogens with zero attached hydrogens (tertiary/aromatic N) is 1. The third kappa shape index (κ3) is 8.30. The van der Waals surface area contributed by atoms with Crippen molar-refractivity contribution in [3.63, 3.8) is 0 Å². The largest absolute Gasteiger partial charge is 0.346 e. The molecule has 5 atom stereocenters. The number of urea groups is 1. The summed E-state index contributed by atoms with van der Waals surface area (Å²) in [6.45, 7) is 13.6. The zero-order chi connectivity index (χ0) is 34.2. The molecular weight excluding hydrogens is 610 g/mol. The van der Waals surface area contributed by atoms with Crippen LogP contribution in [-0.2, 0) is 29.0 Å². The monoisotopic (exact) mass is 663 g/mol. The molecule has 0 aromatic rings. The quantitative estimate of drug-likeness (QED) is 0.173. The number of rotatable bonds is 13. The molecule has 1 heterocycles. The number of ketones is 1. The van der Waals surface area contributed by atoms with E-state index < -0.39 is 68.5 Å². The fourth-order valence-electron chi connectivity index (χ4n) is 7.66. The van der Waals surface area contributed by atoms with E-state index in [1.165, 1.54) is 11.0 Å². The number of Topliss-reactive ketones (excluding diaryl/α,β-unsaturated/α-hetero) is 1. The molecule has 1 aliphatic heterocycles. The summed E-state index contributed by atoms with van der Waals surface area (Å²) in [6.07, 6.45) is 8.43. The van der Waals surface area contributed by atoms with Crippen LogP contribution >= 0.6 is 0 Å². The Kier molecular flexibility index (Phi) is 10.4. The number of likely N-dealkylation sites (tertiary alicyclic amines) is 1. The van der Waals surface area contributed by atoms with Gasteiger partial charge in [0.05, 0.1) is 17.3 Å². The van der Waals surface area contributed by atoms with Gasteiger partial charge >= 0.3 is 6.03 Å². The van der Waals surface area contributed by atoms with Gasteiger partial charge in [0, 0.05) is 19.3 Å². The molecule has 12 nitrogen and oxygen atoms in total. The van der Waals surface area contributed by atoms with Gasteiger partial charge in [-0.2, -0.15) is 0 Å². The van der Waals surface area contributed by atoms with Crippen molar-refractivity contribution in [1.29, 1.82) is 0 Å². The number of hydrogen-bond acceptors (Lipinski definition) is 7.